The van der Waals surface area contributed by atoms with Crippen LogP contribution in [0.5, 0.6) is 5.75 Å². The van der Waals surface area contributed by atoms with Crippen molar-refractivity contribution in [3.8, 4) is 5.75 Å². The zero-order valence-electron chi connectivity index (χ0n) is 9.47. The van der Waals surface area contributed by atoms with Crippen molar-refractivity contribution in [1.82, 2.24) is 0 Å². The summed E-state index contributed by atoms with van der Waals surface area (Å²) in [5.41, 5.74) is 5.43. The van der Waals surface area contributed by atoms with Gasteiger partial charge in [-0.15, -0.1) is 0 Å². The Balaban J connectivity index is 2.96. The van der Waals surface area contributed by atoms with E-state index in [0.717, 1.165) is 0 Å². The molecule has 0 aliphatic heterocycles. The molecule has 0 amide bonds. The van der Waals surface area contributed by atoms with E-state index in [1.165, 1.54) is 12.1 Å². The van der Waals surface area contributed by atoms with E-state index in [1.807, 2.05) is 0 Å². The lowest BCUT2D eigenvalue weighted by atomic mass is 10.1. The Morgan fingerprint density at radius 1 is 1.44 bits per heavy atom. The third-order valence-corrected chi connectivity index (χ3v) is 3.12. The highest BCUT2D eigenvalue weighted by molar-refractivity contribution is 9.10. The molecule has 0 saturated carbocycles. The van der Waals surface area contributed by atoms with E-state index < -0.39 is 18.3 Å². The molecule has 1 rings (SSSR count). The van der Waals surface area contributed by atoms with Crippen LogP contribution in [0.25, 0.3) is 0 Å². The second-order valence-electron chi connectivity index (χ2n) is 3.73. The Morgan fingerprint density at radius 3 is 2.50 bits per heavy atom. The van der Waals surface area contributed by atoms with Gasteiger partial charge in [-0.1, -0.05) is 34.5 Å². The van der Waals surface area contributed by atoms with Gasteiger partial charge in [0.2, 0.25) is 6.10 Å². The highest BCUT2D eigenvalue weighted by Crippen LogP contribution is 2.33. The number of nitrogens with two attached hydrogens (primary N) is 1. The third kappa shape index (κ3) is 4.03. The highest BCUT2D eigenvalue weighted by atomic mass is 79.9. The van der Waals surface area contributed by atoms with E-state index in [0.29, 0.717) is 4.47 Å². The van der Waals surface area contributed by atoms with Crippen molar-refractivity contribution in [1.29, 1.82) is 0 Å². The second-order valence-corrected chi connectivity index (χ2v) is 5.05. The van der Waals surface area contributed by atoms with Crippen LogP contribution in [0.3, 0.4) is 0 Å². The van der Waals surface area contributed by atoms with E-state index in [-0.39, 0.29) is 17.2 Å². The molecule has 0 fully saturated rings. The molecule has 0 heterocycles. The van der Waals surface area contributed by atoms with Crippen LogP contribution in [0.1, 0.15) is 13.3 Å². The van der Waals surface area contributed by atoms with E-state index in [2.05, 4.69) is 15.9 Å². The number of hydrogen-bond acceptors (Lipinski definition) is 2. The lowest BCUT2D eigenvalue weighted by Gasteiger charge is -2.26. The minimum Gasteiger partial charge on any atom is -0.478 e. The van der Waals surface area contributed by atoms with E-state index in [9.17, 15) is 13.2 Å². The van der Waals surface area contributed by atoms with Crippen LogP contribution >= 0.6 is 27.5 Å². The standard InChI is InChI=1S/C11H12BrClF3NO/c1-2-8(17)10(11(14,15)16)18-9-4-3-6(12)5-7(9)13/h3-5,8,10H,2,17H2,1H3. The number of halogens is 5. The predicted molar refractivity (Wildman–Crippen MR) is 67.9 cm³/mol. The summed E-state index contributed by atoms with van der Waals surface area (Å²) in [5, 5.41) is 0.0990. The fourth-order valence-corrected chi connectivity index (χ4v) is 2.04. The maximum Gasteiger partial charge on any atom is 0.426 e. The quantitative estimate of drug-likeness (QED) is 0.889. The van der Waals surface area contributed by atoms with Crippen molar-refractivity contribution < 1.29 is 17.9 Å². The summed E-state index contributed by atoms with van der Waals surface area (Å²) in [6.07, 6.45) is -6.45. The average Bonchev–Trinajstić information content (AvgIpc) is 2.25. The molecule has 0 radical (unpaired) electrons. The Morgan fingerprint density at radius 2 is 2.06 bits per heavy atom. The SMILES string of the molecule is CCC(N)C(Oc1ccc(Br)cc1Cl)C(F)(F)F. The molecule has 0 aromatic heterocycles. The van der Waals surface area contributed by atoms with Crippen LogP contribution in [0.2, 0.25) is 5.02 Å². The molecule has 1 aromatic carbocycles. The smallest absolute Gasteiger partial charge is 0.426 e. The minimum absolute atomic E-state index is 0.0360. The normalized spacial score (nSPS) is 15.3. The van der Waals surface area contributed by atoms with Gasteiger partial charge in [-0.25, -0.2) is 0 Å². The van der Waals surface area contributed by atoms with Crippen LogP contribution in [0.4, 0.5) is 13.2 Å². The van der Waals surface area contributed by atoms with Gasteiger partial charge in [0.05, 0.1) is 11.1 Å². The summed E-state index contributed by atoms with van der Waals surface area (Å²) >= 11 is 8.97. The van der Waals surface area contributed by atoms with Gasteiger partial charge in [0.25, 0.3) is 0 Å². The number of ether oxygens (including phenoxy) is 1. The van der Waals surface area contributed by atoms with Gasteiger partial charge in [-0.05, 0) is 24.6 Å². The van der Waals surface area contributed by atoms with Gasteiger partial charge >= 0.3 is 6.18 Å². The summed E-state index contributed by atoms with van der Waals surface area (Å²) in [6, 6.07) is 3.24. The molecule has 0 bridgehead atoms. The fourth-order valence-electron chi connectivity index (χ4n) is 1.32. The maximum absolute atomic E-state index is 12.8. The number of hydrogen-bond donors (Lipinski definition) is 1. The lowest BCUT2D eigenvalue weighted by Crippen LogP contribution is -2.48. The van der Waals surface area contributed by atoms with Crippen molar-refractivity contribution in [2.45, 2.75) is 31.7 Å². The Kier molecular flexibility index (Phi) is 5.31. The highest BCUT2D eigenvalue weighted by Gasteiger charge is 2.45. The van der Waals surface area contributed by atoms with Gasteiger partial charge < -0.3 is 10.5 Å². The summed E-state index contributed by atoms with van der Waals surface area (Å²) in [5.74, 6) is -0.0360. The number of rotatable bonds is 4. The largest absolute Gasteiger partial charge is 0.478 e. The van der Waals surface area contributed by atoms with Gasteiger partial charge in [0.1, 0.15) is 5.75 Å². The topological polar surface area (TPSA) is 35.2 Å². The van der Waals surface area contributed by atoms with Crippen LogP contribution in [-0.2, 0) is 0 Å². The van der Waals surface area contributed by atoms with Crippen LogP contribution in [0, 0.1) is 0 Å². The fraction of sp³-hybridized carbons (Fsp3) is 0.455. The summed E-state index contributed by atoms with van der Waals surface area (Å²) in [6.45, 7) is 1.57. The zero-order chi connectivity index (χ0) is 13.9. The first-order valence-corrected chi connectivity index (χ1v) is 6.36. The van der Waals surface area contributed by atoms with Gasteiger partial charge in [-0.2, -0.15) is 13.2 Å². The van der Waals surface area contributed by atoms with Crippen LogP contribution < -0.4 is 10.5 Å². The summed E-state index contributed by atoms with van der Waals surface area (Å²) in [4.78, 5) is 0. The molecule has 7 heteroatoms. The Labute approximate surface area is 116 Å². The van der Waals surface area contributed by atoms with Gasteiger partial charge in [0, 0.05) is 4.47 Å². The molecular formula is C11H12BrClF3NO. The molecule has 2 N–H and O–H groups in total. The molecular weight excluding hydrogens is 334 g/mol. The number of alkyl halides is 3. The van der Waals surface area contributed by atoms with Crippen molar-refractivity contribution >= 4 is 27.5 Å². The van der Waals surface area contributed by atoms with E-state index in [1.54, 1.807) is 13.0 Å². The molecule has 1 aromatic rings. The Bertz CT molecular complexity index is 414. The van der Waals surface area contributed by atoms with Crippen molar-refractivity contribution in [2.24, 2.45) is 5.73 Å². The molecule has 0 saturated heterocycles. The molecule has 2 nitrogen and oxygen atoms in total. The van der Waals surface area contributed by atoms with Crippen molar-refractivity contribution in [3.05, 3.63) is 27.7 Å². The number of benzene rings is 1. The molecule has 0 aliphatic rings. The van der Waals surface area contributed by atoms with E-state index in [4.69, 9.17) is 22.1 Å². The third-order valence-electron chi connectivity index (χ3n) is 2.33. The summed E-state index contributed by atoms with van der Waals surface area (Å²) < 4.78 is 44.0. The van der Waals surface area contributed by atoms with E-state index >= 15 is 0 Å². The molecule has 0 spiro atoms. The average molecular weight is 347 g/mol. The van der Waals surface area contributed by atoms with Crippen LogP contribution in [-0.4, -0.2) is 18.3 Å². The lowest BCUT2D eigenvalue weighted by molar-refractivity contribution is -0.200. The van der Waals surface area contributed by atoms with Crippen LogP contribution in [0.15, 0.2) is 22.7 Å². The molecule has 2 unspecified atom stereocenters. The predicted octanol–water partition coefficient (Wildman–Crippen LogP) is 4.15. The molecule has 102 valence electrons. The van der Waals surface area contributed by atoms with Gasteiger partial charge in [-0.3, -0.25) is 0 Å². The zero-order valence-corrected chi connectivity index (χ0v) is 11.8. The minimum atomic E-state index is -4.54. The first-order valence-electron chi connectivity index (χ1n) is 5.19. The summed E-state index contributed by atoms with van der Waals surface area (Å²) in [7, 11) is 0. The van der Waals surface area contributed by atoms with Crippen molar-refractivity contribution in [3.63, 3.8) is 0 Å². The van der Waals surface area contributed by atoms with Crippen molar-refractivity contribution in [2.75, 3.05) is 0 Å². The Hall–Kier alpha value is -0.460. The first kappa shape index (κ1) is 15.6. The van der Waals surface area contributed by atoms with Gasteiger partial charge in [0.15, 0.2) is 0 Å². The monoisotopic (exact) mass is 345 g/mol. The molecule has 0 aliphatic carbocycles. The second kappa shape index (κ2) is 6.12. The molecule has 18 heavy (non-hydrogen) atoms. The molecule has 2 atom stereocenters. The first-order chi connectivity index (χ1) is 8.25. The maximum atomic E-state index is 12.8.